The summed E-state index contributed by atoms with van der Waals surface area (Å²) in [7, 11) is 1.46. The molecule has 0 atom stereocenters. The maximum absolute atomic E-state index is 13.7. The van der Waals surface area contributed by atoms with Gasteiger partial charge in [0.15, 0.2) is 0 Å². The highest BCUT2D eigenvalue weighted by atomic mass is 19.1. The van der Waals surface area contributed by atoms with E-state index in [2.05, 4.69) is 5.32 Å². The molecule has 0 radical (unpaired) electrons. The minimum absolute atomic E-state index is 0.0540. The van der Waals surface area contributed by atoms with Crippen molar-refractivity contribution in [3.05, 3.63) is 29.6 Å². The summed E-state index contributed by atoms with van der Waals surface area (Å²) in [4.78, 5) is 12.0. The predicted molar refractivity (Wildman–Crippen MR) is 75.2 cm³/mol. The van der Waals surface area contributed by atoms with E-state index in [0.29, 0.717) is 24.3 Å². The fourth-order valence-corrected chi connectivity index (χ4v) is 2.53. The Kier molecular flexibility index (Phi) is 4.95. The van der Waals surface area contributed by atoms with Gasteiger partial charge in [-0.25, -0.2) is 4.39 Å². The van der Waals surface area contributed by atoms with Crippen molar-refractivity contribution in [2.75, 3.05) is 13.7 Å². The van der Waals surface area contributed by atoms with Crippen LogP contribution in [0.1, 0.15) is 36.0 Å². The monoisotopic (exact) mass is 280 g/mol. The maximum Gasteiger partial charge on any atom is 0.254 e. The van der Waals surface area contributed by atoms with Crippen molar-refractivity contribution >= 4 is 5.91 Å². The van der Waals surface area contributed by atoms with Gasteiger partial charge in [0.25, 0.3) is 5.91 Å². The van der Waals surface area contributed by atoms with E-state index in [1.165, 1.54) is 19.2 Å². The van der Waals surface area contributed by atoms with E-state index in [0.717, 1.165) is 25.7 Å². The molecule has 20 heavy (non-hydrogen) atoms. The van der Waals surface area contributed by atoms with Crippen LogP contribution in [0.15, 0.2) is 18.2 Å². The molecule has 1 amide bonds. The van der Waals surface area contributed by atoms with Gasteiger partial charge in [-0.3, -0.25) is 4.79 Å². The van der Waals surface area contributed by atoms with Crippen LogP contribution in [0.3, 0.4) is 0 Å². The molecule has 0 heterocycles. The van der Waals surface area contributed by atoms with Crippen molar-refractivity contribution in [1.29, 1.82) is 0 Å². The number of methoxy groups -OCH3 is 1. The van der Waals surface area contributed by atoms with Crippen LogP contribution in [0.2, 0.25) is 0 Å². The Morgan fingerprint density at radius 2 is 2.10 bits per heavy atom. The zero-order valence-electron chi connectivity index (χ0n) is 11.7. The topological polar surface area (TPSA) is 64.3 Å². The molecular formula is C15H21FN2O2. The number of hydrogen-bond acceptors (Lipinski definition) is 3. The summed E-state index contributed by atoms with van der Waals surface area (Å²) in [6.45, 7) is 0.580. The smallest absolute Gasteiger partial charge is 0.254 e. The number of benzene rings is 1. The van der Waals surface area contributed by atoms with Crippen LogP contribution in [-0.4, -0.2) is 25.6 Å². The van der Waals surface area contributed by atoms with Gasteiger partial charge in [-0.2, -0.15) is 0 Å². The average Bonchev–Trinajstić information content (AvgIpc) is 2.46. The molecule has 5 heteroatoms. The highest BCUT2D eigenvalue weighted by molar-refractivity contribution is 5.94. The molecule has 3 N–H and O–H groups in total. The first-order valence-corrected chi connectivity index (χ1v) is 6.97. The summed E-state index contributed by atoms with van der Waals surface area (Å²) in [5.41, 5.74) is 5.90. The van der Waals surface area contributed by atoms with Crippen molar-refractivity contribution in [2.24, 2.45) is 11.7 Å². The van der Waals surface area contributed by atoms with Crippen molar-refractivity contribution in [1.82, 2.24) is 5.32 Å². The maximum atomic E-state index is 13.7. The zero-order chi connectivity index (χ0) is 14.5. The van der Waals surface area contributed by atoms with E-state index >= 15 is 0 Å². The minimum atomic E-state index is -0.562. The Bertz CT molecular complexity index is 471. The first-order chi connectivity index (χ1) is 9.60. The lowest BCUT2D eigenvalue weighted by molar-refractivity contribution is 0.0939. The van der Waals surface area contributed by atoms with E-state index in [9.17, 15) is 9.18 Å². The fraction of sp³-hybridized carbons (Fsp3) is 0.533. The molecular weight excluding hydrogens is 259 g/mol. The van der Waals surface area contributed by atoms with Gasteiger partial charge in [-0.1, -0.05) is 0 Å². The molecule has 1 aromatic rings. The standard InChI is InChI=1S/C15H21FN2O2/c1-20-12-6-7-13(14(16)8-12)15(19)18-9-10-2-4-11(17)5-3-10/h6-8,10-11H,2-5,9,17H2,1H3,(H,18,19). The van der Waals surface area contributed by atoms with Gasteiger partial charge in [0.2, 0.25) is 0 Å². The molecule has 0 bridgehead atoms. The zero-order valence-corrected chi connectivity index (χ0v) is 11.7. The van der Waals surface area contributed by atoms with Crippen LogP contribution in [0.25, 0.3) is 0 Å². The summed E-state index contributed by atoms with van der Waals surface area (Å²) in [6.07, 6.45) is 4.04. The van der Waals surface area contributed by atoms with Crippen LogP contribution < -0.4 is 15.8 Å². The molecule has 2 rings (SSSR count). The number of nitrogens with two attached hydrogens (primary N) is 1. The van der Waals surface area contributed by atoms with Gasteiger partial charge in [0.05, 0.1) is 12.7 Å². The second kappa shape index (κ2) is 6.70. The second-order valence-electron chi connectivity index (χ2n) is 5.34. The average molecular weight is 280 g/mol. The Balaban J connectivity index is 1.88. The van der Waals surface area contributed by atoms with Crippen molar-refractivity contribution in [3.63, 3.8) is 0 Å². The number of rotatable bonds is 4. The molecule has 1 aliphatic carbocycles. The van der Waals surface area contributed by atoms with Gasteiger partial charge in [0.1, 0.15) is 11.6 Å². The second-order valence-corrected chi connectivity index (χ2v) is 5.34. The third-order valence-electron chi connectivity index (χ3n) is 3.86. The van der Waals surface area contributed by atoms with Crippen LogP contribution in [-0.2, 0) is 0 Å². The largest absolute Gasteiger partial charge is 0.497 e. The van der Waals surface area contributed by atoms with E-state index in [1.54, 1.807) is 6.07 Å². The molecule has 4 nitrogen and oxygen atoms in total. The highest BCUT2D eigenvalue weighted by Gasteiger charge is 2.20. The van der Waals surface area contributed by atoms with Crippen molar-refractivity contribution in [3.8, 4) is 5.75 Å². The lowest BCUT2D eigenvalue weighted by Gasteiger charge is -2.26. The molecule has 0 aliphatic heterocycles. The van der Waals surface area contributed by atoms with E-state index in [1.807, 2.05) is 0 Å². The SMILES string of the molecule is COc1ccc(C(=O)NCC2CCC(N)CC2)c(F)c1. The molecule has 0 saturated heterocycles. The van der Waals surface area contributed by atoms with E-state index in [-0.39, 0.29) is 11.5 Å². The van der Waals surface area contributed by atoms with Crippen molar-refractivity contribution in [2.45, 2.75) is 31.7 Å². The molecule has 0 spiro atoms. The van der Waals surface area contributed by atoms with Gasteiger partial charge < -0.3 is 15.8 Å². The number of nitrogens with one attached hydrogen (secondary N) is 1. The summed E-state index contributed by atoms with van der Waals surface area (Å²) >= 11 is 0. The quantitative estimate of drug-likeness (QED) is 0.887. The Labute approximate surface area is 118 Å². The van der Waals surface area contributed by atoms with Crippen LogP contribution >= 0.6 is 0 Å². The summed E-state index contributed by atoms with van der Waals surface area (Å²) in [5, 5.41) is 2.80. The normalized spacial score (nSPS) is 22.4. The third kappa shape index (κ3) is 3.70. The van der Waals surface area contributed by atoms with Crippen molar-refractivity contribution < 1.29 is 13.9 Å². The van der Waals surface area contributed by atoms with Gasteiger partial charge in [0, 0.05) is 18.7 Å². The molecule has 1 aromatic carbocycles. The van der Waals surface area contributed by atoms with Gasteiger partial charge in [-0.05, 0) is 43.7 Å². The molecule has 1 saturated carbocycles. The first-order valence-electron chi connectivity index (χ1n) is 6.97. The van der Waals surface area contributed by atoms with E-state index < -0.39 is 5.82 Å². The minimum Gasteiger partial charge on any atom is -0.497 e. The number of hydrogen-bond donors (Lipinski definition) is 2. The fourth-order valence-electron chi connectivity index (χ4n) is 2.53. The molecule has 0 unspecified atom stereocenters. The summed E-state index contributed by atoms with van der Waals surface area (Å²) in [6, 6.07) is 4.54. The Morgan fingerprint density at radius 1 is 1.40 bits per heavy atom. The summed E-state index contributed by atoms with van der Waals surface area (Å²) in [5.74, 6) is -0.0899. The molecule has 1 fully saturated rings. The van der Waals surface area contributed by atoms with Gasteiger partial charge >= 0.3 is 0 Å². The number of amides is 1. The van der Waals surface area contributed by atoms with Crippen LogP contribution in [0.4, 0.5) is 4.39 Å². The third-order valence-corrected chi connectivity index (χ3v) is 3.86. The molecule has 110 valence electrons. The highest BCUT2D eigenvalue weighted by Crippen LogP contribution is 2.22. The summed E-state index contributed by atoms with van der Waals surface area (Å²) < 4.78 is 18.7. The van der Waals surface area contributed by atoms with Crippen LogP contribution in [0, 0.1) is 11.7 Å². The predicted octanol–water partition coefficient (Wildman–Crippen LogP) is 2.08. The number of carbonyl (C=O) groups excluding carboxylic acids is 1. The van der Waals surface area contributed by atoms with Crippen LogP contribution in [0.5, 0.6) is 5.75 Å². The number of halogens is 1. The van der Waals surface area contributed by atoms with E-state index in [4.69, 9.17) is 10.5 Å². The lowest BCUT2D eigenvalue weighted by atomic mass is 9.86. The lowest BCUT2D eigenvalue weighted by Crippen LogP contribution is -2.34. The Morgan fingerprint density at radius 3 is 2.70 bits per heavy atom. The molecule has 1 aliphatic rings. The first kappa shape index (κ1) is 14.8. The number of ether oxygens (including phenoxy) is 1. The molecule has 0 aromatic heterocycles. The number of carbonyl (C=O) groups is 1. The van der Waals surface area contributed by atoms with Gasteiger partial charge in [-0.15, -0.1) is 0 Å². The Hall–Kier alpha value is -1.62.